The third-order valence-electron chi connectivity index (χ3n) is 4.62. The minimum atomic E-state index is -0.387. The lowest BCUT2D eigenvalue weighted by Crippen LogP contribution is -2.45. The highest BCUT2D eigenvalue weighted by molar-refractivity contribution is 5.21. The molecule has 1 aliphatic carbocycles. The van der Waals surface area contributed by atoms with E-state index in [2.05, 4.69) is 6.92 Å². The maximum atomic E-state index is 13.7. The maximum absolute atomic E-state index is 13.7. The highest BCUT2D eigenvalue weighted by Gasteiger charge is 2.32. The molecule has 112 valence electrons. The van der Waals surface area contributed by atoms with Gasteiger partial charge < -0.3 is 5.73 Å². The lowest BCUT2D eigenvalue weighted by Gasteiger charge is -2.37. The molecule has 0 aromatic heterocycles. The molecule has 1 aromatic carbocycles. The van der Waals surface area contributed by atoms with Crippen LogP contribution in [0.5, 0.6) is 0 Å². The molecule has 1 aliphatic rings. The summed E-state index contributed by atoms with van der Waals surface area (Å²) in [5.41, 5.74) is 6.46. The Hall–Kier alpha value is -0.960. The summed E-state index contributed by atoms with van der Waals surface area (Å²) in [5.74, 6) is 0.0370. The monoisotopic (exact) mass is 281 g/mol. The second-order valence-electron chi connectivity index (χ2n) is 6.36. The van der Waals surface area contributed by atoms with Crippen molar-refractivity contribution < 1.29 is 8.78 Å². The zero-order valence-corrected chi connectivity index (χ0v) is 12.3. The van der Waals surface area contributed by atoms with Gasteiger partial charge in [0.15, 0.2) is 0 Å². The van der Waals surface area contributed by atoms with E-state index in [4.69, 9.17) is 5.73 Å². The third-order valence-corrected chi connectivity index (χ3v) is 4.62. The maximum Gasteiger partial charge on any atom is 0.126 e. The smallest absolute Gasteiger partial charge is 0.126 e. The molecule has 0 amide bonds. The Morgan fingerprint density at radius 2 is 1.95 bits per heavy atom. The summed E-state index contributed by atoms with van der Waals surface area (Å²) in [6.07, 6.45) is 8.30. The number of rotatable bonds is 5. The topological polar surface area (TPSA) is 26.0 Å². The molecule has 0 unspecified atom stereocenters. The van der Waals surface area contributed by atoms with E-state index >= 15 is 0 Å². The number of unbranched alkanes of at least 4 members (excludes halogenated alkanes) is 1. The Kier molecular flexibility index (Phi) is 5.14. The Labute approximate surface area is 120 Å². The summed E-state index contributed by atoms with van der Waals surface area (Å²) in [4.78, 5) is 0. The van der Waals surface area contributed by atoms with Gasteiger partial charge in [0.1, 0.15) is 11.6 Å². The molecule has 1 nitrogen and oxygen atoms in total. The van der Waals surface area contributed by atoms with Crippen LogP contribution in [0, 0.1) is 17.6 Å². The molecule has 0 saturated heterocycles. The summed E-state index contributed by atoms with van der Waals surface area (Å²) in [7, 11) is 0. The largest absolute Gasteiger partial charge is 0.325 e. The van der Waals surface area contributed by atoms with Gasteiger partial charge in [-0.1, -0.05) is 26.2 Å². The van der Waals surface area contributed by atoms with Gasteiger partial charge >= 0.3 is 0 Å². The fourth-order valence-electron chi connectivity index (χ4n) is 3.27. The van der Waals surface area contributed by atoms with E-state index in [9.17, 15) is 8.78 Å². The average molecular weight is 281 g/mol. The fraction of sp³-hybridized carbons (Fsp3) is 0.647. The molecule has 0 atom stereocenters. The molecule has 0 radical (unpaired) electrons. The molecular formula is C17H25F2N. The van der Waals surface area contributed by atoms with Gasteiger partial charge in [-0.15, -0.1) is 0 Å². The molecule has 1 saturated carbocycles. The summed E-state index contributed by atoms with van der Waals surface area (Å²) in [6.45, 7) is 2.21. The minimum absolute atomic E-state index is 0.343. The standard InChI is InChI=1S/C17H25F2N/c1-2-3-4-13-7-9-17(20,10-8-13)12-14-11-15(18)5-6-16(14)19/h5-6,11,13H,2-4,7-10,12,20H2,1H3. The summed E-state index contributed by atoms with van der Waals surface area (Å²) in [5, 5.41) is 0. The Morgan fingerprint density at radius 1 is 1.25 bits per heavy atom. The van der Waals surface area contributed by atoms with E-state index in [1.807, 2.05) is 0 Å². The van der Waals surface area contributed by atoms with E-state index in [0.29, 0.717) is 12.0 Å². The average Bonchev–Trinajstić information content (AvgIpc) is 2.42. The van der Waals surface area contributed by atoms with Crippen LogP contribution in [0.4, 0.5) is 8.78 Å². The SMILES string of the molecule is CCCCC1CCC(N)(Cc2cc(F)ccc2F)CC1. The number of hydrogen-bond donors (Lipinski definition) is 1. The highest BCUT2D eigenvalue weighted by Crippen LogP contribution is 2.35. The predicted octanol–water partition coefficient (Wildman–Crippen LogP) is 4.59. The molecular weight excluding hydrogens is 256 g/mol. The zero-order valence-electron chi connectivity index (χ0n) is 12.3. The summed E-state index contributed by atoms with van der Waals surface area (Å²) in [6, 6.07) is 3.64. The third kappa shape index (κ3) is 4.02. The molecule has 20 heavy (non-hydrogen) atoms. The minimum Gasteiger partial charge on any atom is -0.325 e. The second-order valence-corrected chi connectivity index (χ2v) is 6.36. The first-order chi connectivity index (χ1) is 9.52. The normalized spacial score (nSPS) is 26.7. The van der Waals surface area contributed by atoms with Gasteiger partial charge in [0.2, 0.25) is 0 Å². The Bertz CT molecular complexity index is 437. The molecule has 0 spiro atoms. The van der Waals surface area contributed by atoms with E-state index in [0.717, 1.165) is 37.7 Å². The highest BCUT2D eigenvalue weighted by atomic mass is 19.1. The quantitative estimate of drug-likeness (QED) is 0.839. The van der Waals surface area contributed by atoms with E-state index in [1.165, 1.54) is 31.4 Å². The first kappa shape index (κ1) is 15.4. The van der Waals surface area contributed by atoms with Crippen LogP contribution in [-0.4, -0.2) is 5.54 Å². The van der Waals surface area contributed by atoms with Gasteiger partial charge in [-0.2, -0.15) is 0 Å². The van der Waals surface area contributed by atoms with Crippen molar-refractivity contribution in [1.82, 2.24) is 0 Å². The van der Waals surface area contributed by atoms with Crippen molar-refractivity contribution in [1.29, 1.82) is 0 Å². The van der Waals surface area contributed by atoms with Gasteiger partial charge in [-0.3, -0.25) is 0 Å². The van der Waals surface area contributed by atoms with Crippen LogP contribution in [0.25, 0.3) is 0 Å². The van der Waals surface area contributed by atoms with Crippen LogP contribution in [-0.2, 0) is 6.42 Å². The molecule has 2 N–H and O–H groups in total. The lowest BCUT2D eigenvalue weighted by molar-refractivity contribution is 0.220. The molecule has 0 bridgehead atoms. The lowest BCUT2D eigenvalue weighted by atomic mass is 9.73. The first-order valence-electron chi connectivity index (χ1n) is 7.75. The van der Waals surface area contributed by atoms with Crippen molar-refractivity contribution in [3.8, 4) is 0 Å². The van der Waals surface area contributed by atoms with Crippen molar-refractivity contribution in [3.63, 3.8) is 0 Å². The molecule has 0 heterocycles. The zero-order chi connectivity index (χ0) is 14.6. The summed E-state index contributed by atoms with van der Waals surface area (Å²) >= 11 is 0. The number of hydrogen-bond acceptors (Lipinski definition) is 1. The van der Waals surface area contributed by atoms with Gasteiger partial charge in [-0.05, 0) is 61.8 Å². The number of halogens is 2. The number of benzene rings is 1. The van der Waals surface area contributed by atoms with Crippen molar-refractivity contribution in [2.75, 3.05) is 0 Å². The molecule has 3 heteroatoms. The van der Waals surface area contributed by atoms with Crippen LogP contribution >= 0.6 is 0 Å². The number of nitrogens with two attached hydrogens (primary N) is 1. The van der Waals surface area contributed by atoms with Crippen molar-refractivity contribution in [2.24, 2.45) is 11.7 Å². The second kappa shape index (κ2) is 6.66. The van der Waals surface area contributed by atoms with Crippen molar-refractivity contribution >= 4 is 0 Å². The van der Waals surface area contributed by atoms with E-state index in [-0.39, 0.29) is 17.2 Å². The van der Waals surface area contributed by atoms with Gasteiger partial charge in [0, 0.05) is 5.54 Å². The van der Waals surface area contributed by atoms with Crippen LogP contribution in [0.1, 0.15) is 57.4 Å². The molecule has 0 aliphatic heterocycles. The molecule has 1 fully saturated rings. The van der Waals surface area contributed by atoms with E-state index < -0.39 is 0 Å². The fourth-order valence-corrected chi connectivity index (χ4v) is 3.27. The van der Waals surface area contributed by atoms with Gasteiger partial charge in [-0.25, -0.2) is 8.78 Å². The summed E-state index contributed by atoms with van der Waals surface area (Å²) < 4.78 is 26.9. The first-order valence-corrected chi connectivity index (χ1v) is 7.75. The van der Waals surface area contributed by atoms with Gasteiger partial charge in [0.25, 0.3) is 0 Å². The molecule has 1 aromatic rings. The van der Waals surface area contributed by atoms with E-state index in [1.54, 1.807) is 0 Å². The van der Waals surface area contributed by atoms with Crippen molar-refractivity contribution in [3.05, 3.63) is 35.4 Å². The van der Waals surface area contributed by atoms with Crippen LogP contribution in [0.3, 0.4) is 0 Å². The van der Waals surface area contributed by atoms with Crippen LogP contribution in [0.2, 0.25) is 0 Å². The predicted molar refractivity (Wildman–Crippen MR) is 78.5 cm³/mol. The van der Waals surface area contributed by atoms with Crippen LogP contribution in [0.15, 0.2) is 18.2 Å². The van der Waals surface area contributed by atoms with Crippen molar-refractivity contribution in [2.45, 2.75) is 63.8 Å². The van der Waals surface area contributed by atoms with Crippen LogP contribution < -0.4 is 5.73 Å². The molecule has 2 rings (SSSR count). The Balaban J connectivity index is 1.94. The van der Waals surface area contributed by atoms with Gasteiger partial charge in [0.05, 0.1) is 0 Å². The Morgan fingerprint density at radius 3 is 2.60 bits per heavy atom.